The standard InChI is InChI=1S/C11H18F3NO3/c12-11(13,14)8-18-6-2-4-10(9(16)17)3-1-5-15-7-10/h15H,1-8H2,(H,16,17). The number of hydrogen-bond acceptors (Lipinski definition) is 3. The smallest absolute Gasteiger partial charge is 0.411 e. The van der Waals surface area contributed by atoms with Crippen molar-refractivity contribution in [3.8, 4) is 0 Å². The first kappa shape index (κ1) is 15.2. The molecule has 4 nitrogen and oxygen atoms in total. The first-order valence-corrected chi connectivity index (χ1v) is 5.94. The number of hydrogen-bond donors (Lipinski definition) is 2. The van der Waals surface area contributed by atoms with Gasteiger partial charge in [-0.1, -0.05) is 0 Å². The number of aliphatic carboxylic acids is 1. The van der Waals surface area contributed by atoms with Gasteiger partial charge in [0.25, 0.3) is 0 Å². The second-order valence-electron chi connectivity index (χ2n) is 4.64. The maximum atomic E-state index is 11.8. The lowest BCUT2D eigenvalue weighted by atomic mass is 9.77. The van der Waals surface area contributed by atoms with Crippen LogP contribution in [0.5, 0.6) is 0 Å². The van der Waals surface area contributed by atoms with E-state index in [0.717, 1.165) is 13.0 Å². The molecule has 0 aromatic rings. The van der Waals surface area contributed by atoms with Gasteiger partial charge in [0.15, 0.2) is 0 Å². The summed E-state index contributed by atoms with van der Waals surface area (Å²) in [6.45, 7) is -0.166. The highest BCUT2D eigenvalue weighted by Gasteiger charge is 2.39. The van der Waals surface area contributed by atoms with E-state index in [1.54, 1.807) is 0 Å². The highest BCUT2D eigenvalue weighted by Crippen LogP contribution is 2.32. The van der Waals surface area contributed by atoms with E-state index in [1.807, 2.05) is 0 Å². The first-order valence-electron chi connectivity index (χ1n) is 5.94. The van der Waals surface area contributed by atoms with Crippen LogP contribution in [-0.2, 0) is 9.53 Å². The summed E-state index contributed by atoms with van der Waals surface area (Å²) in [7, 11) is 0. The molecule has 2 N–H and O–H groups in total. The lowest BCUT2D eigenvalue weighted by Crippen LogP contribution is -2.45. The maximum Gasteiger partial charge on any atom is 0.411 e. The van der Waals surface area contributed by atoms with Gasteiger partial charge in [-0.2, -0.15) is 13.2 Å². The molecule has 1 rings (SSSR count). The van der Waals surface area contributed by atoms with Crippen LogP contribution < -0.4 is 5.32 Å². The Bertz CT molecular complexity index is 275. The summed E-state index contributed by atoms with van der Waals surface area (Å²) in [4.78, 5) is 11.2. The van der Waals surface area contributed by atoms with Crippen molar-refractivity contribution >= 4 is 5.97 Å². The summed E-state index contributed by atoms with van der Waals surface area (Å²) in [6.07, 6.45) is -2.32. The molecule has 106 valence electrons. The van der Waals surface area contributed by atoms with Crippen molar-refractivity contribution in [3.05, 3.63) is 0 Å². The molecule has 0 aromatic carbocycles. The van der Waals surface area contributed by atoms with E-state index in [1.165, 1.54) is 0 Å². The summed E-state index contributed by atoms with van der Waals surface area (Å²) in [5.74, 6) is -0.884. The number of rotatable bonds is 6. The average molecular weight is 269 g/mol. The monoisotopic (exact) mass is 269 g/mol. The maximum absolute atomic E-state index is 11.8. The van der Waals surface area contributed by atoms with Crippen LogP contribution >= 0.6 is 0 Å². The molecule has 1 fully saturated rings. The molecule has 18 heavy (non-hydrogen) atoms. The van der Waals surface area contributed by atoms with Gasteiger partial charge >= 0.3 is 12.1 Å². The van der Waals surface area contributed by atoms with Gasteiger partial charge in [-0.25, -0.2) is 0 Å². The quantitative estimate of drug-likeness (QED) is 0.722. The number of nitrogens with one attached hydrogen (secondary N) is 1. The van der Waals surface area contributed by atoms with Crippen LogP contribution in [0.15, 0.2) is 0 Å². The molecule has 1 unspecified atom stereocenters. The number of piperidine rings is 1. The number of carbonyl (C=O) groups is 1. The van der Waals surface area contributed by atoms with E-state index in [0.29, 0.717) is 25.8 Å². The Balaban J connectivity index is 2.28. The summed E-state index contributed by atoms with van der Waals surface area (Å²) in [6, 6.07) is 0. The van der Waals surface area contributed by atoms with Crippen molar-refractivity contribution in [1.29, 1.82) is 0 Å². The fraction of sp³-hybridized carbons (Fsp3) is 0.909. The van der Waals surface area contributed by atoms with Gasteiger partial charge in [-0.3, -0.25) is 4.79 Å². The Morgan fingerprint density at radius 2 is 2.17 bits per heavy atom. The van der Waals surface area contributed by atoms with Crippen molar-refractivity contribution in [1.82, 2.24) is 5.32 Å². The molecule has 1 aliphatic heterocycles. The molecule has 1 saturated heterocycles. The minimum absolute atomic E-state index is 0.0610. The molecule has 1 heterocycles. The van der Waals surface area contributed by atoms with Crippen LogP contribution in [0.1, 0.15) is 25.7 Å². The zero-order valence-corrected chi connectivity index (χ0v) is 10.1. The van der Waals surface area contributed by atoms with Crippen molar-refractivity contribution in [2.75, 3.05) is 26.3 Å². The van der Waals surface area contributed by atoms with Gasteiger partial charge in [-0.15, -0.1) is 0 Å². The molecule has 0 aliphatic carbocycles. The van der Waals surface area contributed by atoms with Crippen LogP contribution in [0.4, 0.5) is 13.2 Å². The molecule has 0 saturated carbocycles. The second kappa shape index (κ2) is 6.38. The van der Waals surface area contributed by atoms with Crippen molar-refractivity contribution < 1.29 is 27.8 Å². The fourth-order valence-corrected chi connectivity index (χ4v) is 2.17. The molecule has 7 heteroatoms. The topological polar surface area (TPSA) is 58.6 Å². The third kappa shape index (κ3) is 4.81. The Kier molecular flexibility index (Phi) is 5.40. The summed E-state index contributed by atoms with van der Waals surface area (Å²) < 4.78 is 39.9. The Morgan fingerprint density at radius 1 is 1.44 bits per heavy atom. The molecule has 0 spiro atoms. The van der Waals surface area contributed by atoms with E-state index >= 15 is 0 Å². The van der Waals surface area contributed by atoms with Gasteiger partial charge in [-0.05, 0) is 32.2 Å². The molecular formula is C11H18F3NO3. The third-order valence-corrected chi connectivity index (χ3v) is 3.14. The third-order valence-electron chi connectivity index (χ3n) is 3.14. The Morgan fingerprint density at radius 3 is 2.67 bits per heavy atom. The zero-order chi connectivity index (χ0) is 13.6. The molecule has 1 aliphatic rings. The summed E-state index contributed by atoms with van der Waals surface area (Å²) in [5, 5.41) is 12.2. The minimum atomic E-state index is -4.32. The first-order chi connectivity index (χ1) is 8.36. The molecule has 0 bridgehead atoms. The van der Waals surface area contributed by atoms with E-state index in [-0.39, 0.29) is 6.61 Å². The fourth-order valence-electron chi connectivity index (χ4n) is 2.17. The highest BCUT2D eigenvalue weighted by molar-refractivity contribution is 5.75. The van der Waals surface area contributed by atoms with Crippen LogP contribution in [0.3, 0.4) is 0 Å². The SMILES string of the molecule is O=C(O)C1(CCCOCC(F)(F)F)CCCNC1. The Hall–Kier alpha value is -0.820. The van der Waals surface area contributed by atoms with Crippen LogP contribution in [0.25, 0.3) is 0 Å². The molecule has 0 aromatic heterocycles. The number of ether oxygens (including phenoxy) is 1. The van der Waals surface area contributed by atoms with E-state index in [2.05, 4.69) is 10.1 Å². The van der Waals surface area contributed by atoms with Crippen molar-refractivity contribution in [2.45, 2.75) is 31.9 Å². The zero-order valence-electron chi connectivity index (χ0n) is 10.1. The number of alkyl halides is 3. The average Bonchev–Trinajstić information content (AvgIpc) is 2.28. The predicted octanol–water partition coefficient (Wildman–Crippen LogP) is 1.80. The molecular weight excluding hydrogens is 251 g/mol. The van der Waals surface area contributed by atoms with Gasteiger partial charge in [0.05, 0.1) is 5.41 Å². The van der Waals surface area contributed by atoms with Gasteiger partial charge in [0.2, 0.25) is 0 Å². The summed E-state index contributed by atoms with van der Waals surface area (Å²) in [5.41, 5.74) is -0.847. The van der Waals surface area contributed by atoms with Gasteiger partial charge < -0.3 is 15.2 Å². The number of halogens is 3. The number of carboxylic acid groups (broad SMARTS) is 1. The molecule has 0 radical (unpaired) electrons. The lowest BCUT2D eigenvalue weighted by molar-refractivity contribution is -0.175. The lowest BCUT2D eigenvalue weighted by Gasteiger charge is -2.33. The van der Waals surface area contributed by atoms with E-state index in [4.69, 9.17) is 0 Å². The molecule has 0 amide bonds. The van der Waals surface area contributed by atoms with E-state index in [9.17, 15) is 23.1 Å². The number of carboxylic acids is 1. The van der Waals surface area contributed by atoms with Crippen molar-refractivity contribution in [2.24, 2.45) is 5.41 Å². The highest BCUT2D eigenvalue weighted by atomic mass is 19.4. The second-order valence-corrected chi connectivity index (χ2v) is 4.64. The van der Waals surface area contributed by atoms with Crippen LogP contribution in [0, 0.1) is 5.41 Å². The van der Waals surface area contributed by atoms with Gasteiger partial charge in [0, 0.05) is 13.2 Å². The summed E-state index contributed by atoms with van der Waals surface area (Å²) >= 11 is 0. The normalized spacial score (nSPS) is 25.1. The molecule has 1 atom stereocenters. The van der Waals surface area contributed by atoms with E-state index < -0.39 is 24.2 Å². The van der Waals surface area contributed by atoms with Crippen LogP contribution in [0.2, 0.25) is 0 Å². The Labute approximate surface area is 103 Å². The van der Waals surface area contributed by atoms with Gasteiger partial charge in [0.1, 0.15) is 6.61 Å². The van der Waals surface area contributed by atoms with Crippen molar-refractivity contribution in [3.63, 3.8) is 0 Å². The largest absolute Gasteiger partial charge is 0.481 e. The predicted molar refractivity (Wildman–Crippen MR) is 58.3 cm³/mol. The van der Waals surface area contributed by atoms with Crippen LogP contribution in [-0.4, -0.2) is 43.6 Å². The minimum Gasteiger partial charge on any atom is -0.481 e.